The molecule has 2 aromatic rings. The van der Waals surface area contributed by atoms with Gasteiger partial charge in [-0.1, -0.05) is 6.07 Å². The van der Waals surface area contributed by atoms with Crippen LogP contribution in [0.15, 0.2) is 34.9 Å². The minimum atomic E-state index is -0.338. The first-order valence-corrected chi connectivity index (χ1v) is 7.33. The molecule has 0 saturated heterocycles. The fourth-order valence-corrected chi connectivity index (χ4v) is 2.84. The molecule has 21 heavy (non-hydrogen) atoms. The molecule has 0 spiro atoms. The van der Waals surface area contributed by atoms with Crippen molar-refractivity contribution >= 4 is 33.3 Å². The van der Waals surface area contributed by atoms with Crippen molar-refractivity contribution in [2.24, 2.45) is 0 Å². The molecular weight excluding hydrogens is 337 g/mol. The summed E-state index contributed by atoms with van der Waals surface area (Å²) in [6.45, 7) is 0.549. The van der Waals surface area contributed by atoms with E-state index in [0.717, 1.165) is 16.5 Å². The fraction of sp³-hybridized carbons (Fsp3) is 0.200. The van der Waals surface area contributed by atoms with E-state index in [-0.39, 0.29) is 11.7 Å². The van der Waals surface area contributed by atoms with Crippen LogP contribution in [0.1, 0.15) is 15.9 Å². The van der Waals surface area contributed by atoms with Gasteiger partial charge in [-0.05, 0) is 46.1 Å². The molecule has 1 aromatic carbocycles. The monoisotopic (exact) mass is 349 g/mol. The first-order valence-electron chi connectivity index (χ1n) is 6.53. The first kappa shape index (κ1) is 14.0. The number of rotatable bonds is 2. The van der Waals surface area contributed by atoms with Gasteiger partial charge in [0.1, 0.15) is 11.6 Å². The van der Waals surface area contributed by atoms with Crippen molar-refractivity contribution in [3.63, 3.8) is 0 Å². The molecule has 1 aliphatic rings. The van der Waals surface area contributed by atoms with Crippen molar-refractivity contribution in [1.29, 1.82) is 0 Å². The Morgan fingerprint density at radius 1 is 1.43 bits per heavy atom. The van der Waals surface area contributed by atoms with Crippen molar-refractivity contribution in [2.45, 2.75) is 6.42 Å². The van der Waals surface area contributed by atoms with E-state index >= 15 is 0 Å². The first-order chi connectivity index (χ1) is 10.1. The van der Waals surface area contributed by atoms with Crippen molar-refractivity contribution in [2.75, 3.05) is 23.8 Å². The second kappa shape index (κ2) is 5.44. The summed E-state index contributed by atoms with van der Waals surface area (Å²) in [4.78, 5) is 18.5. The zero-order chi connectivity index (χ0) is 15.0. The summed E-state index contributed by atoms with van der Waals surface area (Å²) in [7, 11) is 1.71. The third-order valence-electron chi connectivity index (χ3n) is 3.51. The molecule has 1 aliphatic heterocycles. The summed E-state index contributed by atoms with van der Waals surface area (Å²) in [6, 6.07) is 6.28. The minimum Gasteiger partial charge on any atom is -0.372 e. The van der Waals surface area contributed by atoms with E-state index in [1.54, 1.807) is 30.3 Å². The summed E-state index contributed by atoms with van der Waals surface area (Å²) in [5.41, 5.74) is 2.09. The van der Waals surface area contributed by atoms with Gasteiger partial charge in [0.05, 0.1) is 11.3 Å². The summed E-state index contributed by atoms with van der Waals surface area (Å²) in [5.74, 6) is -0.0137. The number of hydrogen-bond acceptors (Lipinski definition) is 3. The van der Waals surface area contributed by atoms with Crippen LogP contribution in [0.4, 0.5) is 15.9 Å². The van der Waals surface area contributed by atoms with E-state index in [2.05, 4.69) is 26.2 Å². The van der Waals surface area contributed by atoms with Crippen LogP contribution in [0.25, 0.3) is 0 Å². The molecule has 0 unspecified atom stereocenters. The van der Waals surface area contributed by atoms with E-state index in [4.69, 9.17) is 0 Å². The normalized spacial score (nSPS) is 13.2. The molecule has 0 bridgehead atoms. The predicted molar refractivity (Wildman–Crippen MR) is 83.3 cm³/mol. The zero-order valence-corrected chi connectivity index (χ0v) is 12.9. The summed E-state index contributed by atoms with van der Waals surface area (Å²) >= 11 is 3.32. The quantitative estimate of drug-likeness (QED) is 0.905. The largest absolute Gasteiger partial charge is 0.372 e. The van der Waals surface area contributed by atoms with Gasteiger partial charge in [-0.15, -0.1) is 0 Å². The summed E-state index contributed by atoms with van der Waals surface area (Å²) < 4.78 is 14.2. The van der Waals surface area contributed by atoms with E-state index in [1.807, 2.05) is 0 Å². The number of hydrogen-bond donors (Lipinski definition) is 1. The molecule has 3 rings (SSSR count). The maximum atomic E-state index is 13.4. The molecule has 0 saturated carbocycles. The zero-order valence-electron chi connectivity index (χ0n) is 11.4. The van der Waals surface area contributed by atoms with Crippen molar-refractivity contribution in [3.05, 3.63) is 51.9 Å². The van der Waals surface area contributed by atoms with Crippen LogP contribution in [0.2, 0.25) is 0 Å². The van der Waals surface area contributed by atoms with E-state index in [0.29, 0.717) is 23.6 Å². The smallest absolute Gasteiger partial charge is 0.262 e. The van der Waals surface area contributed by atoms with Crippen LogP contribution in [0, 0.1) is 5.82 Å². The highest BCUT2D eigenvalue weighted by molar-refractivity contribution is 9.10. The number of aromatic nitrogens is 1. The second-order valence-corrected chi connectivity index (χ2v) is 5.70. The average molecular weight is 350 g/mol. The number of fused-ring (bicyclic) bond motifs is 1. The Morgan fingerprint density at radius 3 is 3.00 bits per heavy atom. The van der Waals surface area contributed by atoms with Gasteiger partial charge in [0.2, 0.25) is 0 Å². The molecule has 4 nitrogen and oxygen atoms in total. The van der Waals surface area contributed by atoms with Gasteiger partial charge in [-0.3, -0.25) is 4.79 Å². The maximum absolute atomic E-state index is 13.4. The fourth-order valence-electron chi connectivity index (χ4n) is 2.51. The number of carbonyl (C=O) groups excluding carboxylic acids is 1. The van der Waals surface area contributed by atoms with Crippen LogP contribution in [0.3, 0.4) is 0 Å². The standard InChI is InChI=1S/C15H13BrFN3O/c1-18-14-12(6-10(16)8-19-14)15(21)20-5-4-9-2-3-11(17)7-13(9)20/h2-3,6-8H,4-5H2,1H3,(H,18,19). The Bertz CT molecular complexity index is 720. The highest BCUT2D eigenvalue weighted by atomic mass is 79.9. The van der Waals surface area contributed by atoms with E-state index < -0.39 is 0 Å². The third-order valence-corrected chi connectivity index (χ3v) is 3.94. The number of nitrogens with one attached hydrogen (secondary N) is 1. The molecule has 0 aliphatic carbocycles. The topological polar surface area (TPSA) is 45.2 Å². The lowest BCUT2D eigenvalue weighted by atomic mass is 10.1. The van der Waals surface area contributed by atoms with Crippen LogP contribution in [0.5, 0.6) is 0 Å². The maximum Gasteiger partial charge on any atom is 0.262 e. The van der Waals surface area contributed by atoms with Crippen LogP contribution < -0.4 is 10.2 Å². The summed E-state index contributed by atoms with van der Waals surface area (Å²) in [5, 5.41) is 2.91. The molecule has 0 fully saturated rings. The number of anilines is 2. The lowest BCUT2D eigenvalue weighted by Gasteiger charge is -2.19. The number of halogens is 2. The Balaban J connectivity index is 2.02. The number of benzene rings is 1. The Labute approximate surface area is 130 Å². The van der Waals surface area contributed by atoms with Crippen LogP contribution >= 0.6 is 15.9 Å². The third kappa shape index (κ3) is 2.51. The van der Waals surface area contributed by atoms with Gasteiger partial charge < -0.3 is 10.2 Å². The molecule has 2 heterocycles. The SMILES string of the molecule is CNc1ncc(Br)cc1C(=O)N1CCc2ccc(F)cc21. The molecule has 0 atom stereocenters. The van der Waals surface area contributed by atoms with Crippen molar-refractivity contribution < 1.29 is 9.18 Å². The molecule has 1 aromatic heterocycles. The van der Waals surface area contributed by atoms with Gasteiger partial charge in [0.15, 0.2) is 0 Å². The molecule has 108 valence electrons. The molecule has 6 heteroatoms. The van der Waals surface area contributed by atoms with Crippen molar-refractivity contribution in [3.8, 4) is 0 Å². The second-order valence-electron chi connectivity index (χ2n) is 4.78. The van der Waals surface area contributed by atoms with Crippen molar-refractivity contribution in [1.82, 2.24) is 4.98 Å². The molecule has 1 N–H and O–H groups in total. The molecule has 0 radical (unpaired) electrons. The van der Waals surface area contributed by atoms with E-state index in [9.17, 15) is 9.18 Å². The number of nitrogens with zero attached hydrogens (tertiary/aromatic N) is 2. The van der Waals surface area contributed by atoms with Gasteiger partial charge >= 0.3 is 0 Å². The predicted octanol–water partition coefficient (Wildman–Crippen LogP) is 3.23. The lowest BCUT2D eigenvalue weighted by molar-refractivity contribution is 0.0990. The minimum absolute atomic E-state index is 0.183. The number of pyridine rings is 1. The van der Waals surface area contributed by atoms with Gasteiger partial charge in [0, 0.05) is 24.3 Å². The van der Waals surface area contributed by atoms with Gasteiger partial charge in [0.25, 0.3) is 5.91 Å². The molecular formula is C15H13BrFN3O. The Morgan fingerprint density at radius 2 is 2.24 bits per heavy atom. The lowest BCUT2D eigenvalue weighted by Crippen LogP contribution is -2.29. The number of carbonyl (C=O) groups is 1. The number of amides is 1. The highest BCUT2D eigenvalue weighted by Gasteiger charge is 2.27. The molecule has 1 amide bonds. The van der Waals surface area contributed by atoms with Gasteiger partial charge in [-0.25, -0.2) is 9.37 Å². The van der Waals surface area contributed by atoms with Crippen LogP contribution in [-0.2, 0) is 6.42 Å². The van der Waals surface area contributed by atoms with E-state index in [1.165, 1.54) is 12.1 Å². The Hall–Kier alpha value is -1.95. The Kier molecular flexibility index (Phi) is 3.63. The highest BCUT2D eigenvalue weighted by Crippen LogP contribution is 2.31. The summed E-state index contributed by atoms with van der Waals surface area (Å²) in [6.07, 6.45) is 2.36. The average Bonchev–Trinajstić information content (AvgIpc) is 2.89. The van der Waals surface area contributed by atoms with Crippen LogP contribution in [-0.4, -0.2) is 24.5 Å². The van der Waals surface area contributed by atoms with Gasteiger partial charge in [-0.2, -0.15) is 0 Å².